The Bertz CT molecular complexity index is 813. The van der Waals surface area contributed by atoms with Crippen LogP contribution in [0.15, 0.2) is 72.8 Å². The van der Waals surface area contributed by atoms with Crippen molar-refractivity contribution in [1.29, 1.82) is 0 Å². The van der Waals surface area contributed by atoms with E-state index in [9.17, 15) is 9.90 Å². The molecule has 0 bridgehead atoms. The number of fused-ring (bicyclic) bond motifs is 1. The predicted octanol–water partition coefficient (Wildman–Crippen LogP) is 4.09. The number of anilines is 1. The van der Waals surface area contributed by atoms with Crippen LogP contribution in [0.3, 0.4) is 0 Å². The van der Waals surface area contributed by atoms with E-state index in [1.807, 2.05) is 72.8 Å². The maximum Gasteiger partial charge on any atom is 0.319 e. The summed E-state index contributed by atoms with van der Waals surface area (Å²) in [6, 6.07) is 22.9. The van der Waals surface area contributed by atoms with Gasteiger partial charge in [-0.25, -0.2) is 4.79 Å². The predicted molar refractivity (Wildman–Crippen MR) is 97.0 cm³/mol. The minimum Gasteiger partial charge on any atom is -0.388 e. The van der Waals surface area contributed by atoms with Crippen LogP contribution in [-0.4, -0.2) is 17.7 Å². The van der Waals surface area contributed by atoms with E-state index in [4.69, 9.17) is 0 Å². The van der Waals surface area contributed by atoms with Gasteiger partial charge in [0, 0.05) is 12.2 Å². The number of aliphatic hydroxyl groups excluding tert-OH is 1. The molecule has 0 saturated heterocycles. The number of urea groups is 1. The van der Waals surface area contributed by atoms with E-state index < -0.39 is 6.10 Å². The van der Waals surface area contributed by atoms with Crippen molar-refractivity contribution in [3.05, 3.63) is 78.4 Å². The maximum absolute atomic E-state index is 11.8. The first kappa shape index (κ1) is 16.0. The molecule has 3 aromatic rings. The number of nitrogens with one attached hydrogen (secondary N) is 2. The molecule has 122 valence electrons. The Labute approximate surface area is 141 Å². The highest BCUT2D eigenvalue weighted by molar-refractivity contribution is 5.89. The van der Waals surface area contributed by atoms with E-state index in [-0.39, 0.29) is 6.03 Å². The van der Waals surface area contributed by atoms with Crippen molar-refractivity contribution in [2.75, 3.05) is 11.9 Å². The van der Waals surface area contributed by atoms with E-state index in [1.165, 1.54) is 0 Å². The molecule has 0 spiro atoms. The van der Waals surface area contributed by atoms with Gasteiger partial charge in [0.1, 0.15) is 0 Å². The summed E-state index contributed by atoms with van der Waals surface area (Å²) in [5.41, 5.74) is 1.63. The highest BCUT2D eigenvalue weighted by atomic mass is 16.3. The van der Waals surface area contributed by atoms with Crippen LogP contribution in [0.1, 0.15) is 18.1 Å². The van der Waals surface area contributed by atoms with Crippen molar-refractivity contribution in [2.24, 2.45) is 0 Å². The lowest BCUT2D eigenvalue weighted by atomic mass is 9.99. The molecule has 1 atom stereocenters. The average molecular weight is 320 g/mol. The van der Waals surface area contributed by atoms with Crippen molar-refractivity contribution < 1.29 is 9.90 Å². The fraction of sp³-hybridized carbons (Fsp3) is 0.150. The fourth-order valence-corrected chi connectivity index (χ4v) is 2.72. The van der Waals surface area contributed by atoms with Crippen LogP contribution in [0, 0.1) is 0 Å². The van der Waals surface area contributed by atoms with Gasteiger partial charge in [-0.05, 0) is 34.9 Å². The molecule has 4 heteroatoms. The molecule has 0 aliphatic carbocycles. The summed E-state index contributed by atoms with van der Waals surface area (Å²) in [4.78, 5) is 11.8. The molecule has 0 radical (unpaired) electrons. The number of rotatable bonds is 5. The molecule has 3 aromatic carbocycles. The monoisotopic (exact) mass is 320 g/mol. The van der Waals surface area contributed by atoms with E-state index >= 15 is 0 Å². The van der Waals surface area contributed by atoms with Crippen LogP contribution in [0.2, 0.25) is 0 Å². The van der Waals surface area contributed by atoms with Gasteiger partial charge < -0.3 is 15.7 Å². The largest absolute Gasteiger partial charge is 0.388 e. The van der Waals surface area contributed by atoms with Gasteiger partial charge in [0.25, 0.3) is 0 Å². The Morgan fingerprint density at radius 2 is 1.62 bits per heavy atom. The Morgan fingerprint density at radius 3 is 2.46 bits per heavy atom. The molecule has 24 heavy (non-hydrogen) atoms. The first-order valence-electron chi connectivity index (χ1n) is 7.99. The molecule has 3 rings (SSSR count). The third-order valence-electron chi connectivity index (χ3n) is 3.92. The molecule has 0 saturated carbocycles. The highest BCUT2D eigenvalue weighted by Crippen LogP contribution is 2.25. The van der Waals surface area contributed by atoms with Crippen LogP contribution in [-0.2, 0) is 0 Å². The van der Waals surface area contributed by atoms with Crippen molar-refractivity contribution in [2.45, 2.75) is 12.5 Å². The molecule has 0 heterocycles. The lowest BCUT2D eigenvalue weighted by molar-refractivity contribution is 0.169. The van der Waals surface area contributed by atoms with Gasteiger partial charge in [-0.3, -0.25) is 0 Å². The lowest BCUT2D eigenvalue weighted by Crippen LogP contribution is -2.30. The Balaban J connectivity index is 1.55. The Kier molecular flexibility index (Phi) is 5.08. The van der Waals surface area contributed by atoms with Crippen molar-refractivity contribution in [1.82, 2.24) is 5.32 Å². The van der Waals surface area contributed by atoms with Crippen LogP contribution in [0.5, 0.6) is 0 Å². The second-order valence-electron chi connectivity index (χ2n) is 5.62. The molecule has 4 nitrogen and oxygen atoms in total. The summed E-state index contributed by atoms with van der Waals surface area (Å²) < 4.78 is 0. The lowest BCUT2D eigenvalue weighted by Gasteiger charge is -2.14. The van der Waals surface area contributed by atoms with Gasteiger partial charge in [0.05, 0.1) is 6.10 Å². The summed E-state index contributed by atoms with van der Waals surface area (Å²) in [5, 5.41) is 18.1. The number of para-hydroxylation sites is 1. The minimum absolute atomic E-state index is 0.272. The SMILES string of the molecule is O=C(NCCC(O)c1cccc2ccccc12)Nc1ccccc1. The van der Waals surface area contributed by atoms with Gasteiger partial charge >= 0.3 is 6.03 Å². The smallest absolute Gasteiger partial charge is 0.319 e. The Morgan fingerprint density at radius 1 is 0.917 bits per heavy atom. The second-order valence-corrected chi connectivity index (χ2v) is 5.62. The zero-order valence-corrected chi connectivity index (χ0v) is 13.3. The number of amides is 2. The second kappa shape index (κ2) is 7.62. The van der Waals surface area contributed by atoms with E-state index in [1.54, 1.807) is 0 Å². The molecule has 2 amide bonds. The van der Waals surface area contributed by atoms with Gasteiger partial charge in [-0.15, -0.1) is 0 Å². The summed E-state index contributed by atoms with van der Waals surface area (Å²) in [6.45, 7) is 0.392. The summed E-state index contributed by atoms with van der Waals surface area (Å²) in [7, 11) is 0. The van der Waals surface area contributed by atoms with Crippen molar-refractivity contribution in [3.8, 4) is 0 Å². The van der Waals surface area contributed by atoms with Crippen molar-refractivity contribution in [3.63, 3.8) is 0 Å². The highest BCUT2D eigenvalue weighted by Gasteiger charge is 2.11. The number of hydrogen-bond acceptors (Lipinski definition) is 2. The third kappa shape index (κ3) is 3.91. The number of hydrogen-bond donors (Lipinski definition) is 3. The first-order valence-corrected chi connectivity index (χ1v) is 7.99. The van der Waals surface area contributed by atoms with E-state index in [2.05, 4.69) is 10.6 Å². The normalized spacial score (nSPS) is 11.9. The zero-order chi connectivity index (χ0) is 16.8. The molecular formula is C20H20N2O2. The topological polar surface area (TPSA) is 61.4 Å². The molecular weight excluding hydrogens is 300 g/mol. The summed E-state index contributed by atoms with van der Waals surface area (Å²) in [5.74, 6) is 0. The minimum atomic E-state index is -0.617. The summed E-state index contributed by atoms with van der Waals surface area (Å²) >= 11 is 0. The van der Waals surface area contributed by atoms with Gasteiger partial charge in [0.2, 0.25) is 0 Å². The molecule has 1 unspecified atom stereocenters. The average Bonchev–Trinajstić information content (AvgIpc) is 2.62. The van der Waals surface area contributed by atoms with Gasteiger partial charge in [-0.1, -0.05) is 60.7 Å². The maximum atomic E-state index is 11.8. The standard InChI is InChI=1S/C20H20N2O2/c23-19(18-12-6-8-15-7-4-5-11-17(15)18)13-14-21-20(24)22-16-9-2-1-3-10-16/h1-12,19,23H,13-14H2,(H2,21,22,24). The number of aliphatic hydroxyl groups is 1. The van der Waals surface area contributed by atoms with Gasteiger partial charge in [0.15, 0.2) is 0 Å². The first-order chi connectivity index (χ1) is 11.7. The number of carbonyl (C=O) groups excluding carboxylic acids is 1. The van der Waals surface area contributed by atoms with Gasteiger partial charge in [-0.2, -0.15) is 0 Å². The summed E-state index contributed by atoms with van der Waals surface area (Å²) in [6.07, 6.45) is -0.163. The molecule has 0 fully saturated rings. The van der Waals surface area contributed by atoms with Crippen LogP contribution in [0.25, 0.3) is 10.8 Å². The molecule has 0 aromatic heterocycles. The molecule has 0 aliphatic rings. The Hall–Kier alpha value is -2.85. The molecule has 0 aliphatic heterocycles. The number of carbonyl (C=O) groups is 1. The number of benzene rings is 3. The van der Waals surface area contributed by atoms with E-state index in [0.717, 1.165) is 22.0 Å². The van der Waals surface area contributed by atoms with Crippen LogP contribution in [0.4, 0.5) is 10.5 Å². The van der Waals surface area contributed by atoms with Crippen LogP contribution >= 0.6 is 0 Å². The quantitative estimate of drug-likeness (QED) is 0.663. The molecule has 3 N–H and O–H groups in total. The zero-order valence-electron chi connectivity index (χ0n) is 13.3. The third-order valence-corrected chi connectivity index (χ3v) is 3.92. The van der Waals surface area contributed by atoms with E-state index in [0.29, 0.717) is 13.0 Å². The fourth-order valence-electron chi connectivity index (χ4n) is 2.72. The van der Waals surface area contributed by atoms with Crippen LogP contribution < -0.4 is 10.6 Å². The van der Waals surface area contributed by atoms with Crippen molar-refractivity contribution >= 4 is 22.5 Å².